The number of carbonyl (C=O) groups excluding carboxylic acids is 1. The minimum Gasteiger partial charge on any atom is -0.338 e. The largest absolute Gasteiger partial charge is 0.338 e. The molecule has 0 atom stereocenters. The lowest BCUT2D eigenvalue weighted by atomic mass is 10.1. The molecular formula is C23H23N7O2. The topological polar surface area (TPSA) is 93.2 Å². The molecule has 4 heterocycles. The summed E-state index contributed by atoms with van der Waals surface area (Å²) in [6, 6.07) is 13.4. The van der Waals surface area contributed by atoms with E-state index in [9.17, 15) is 4.79 Å². The van der Waals surface area contributed by atoms with Crippen LogP contribution in [0.4, 0.5) is 0 Å². The Hall–Kier alpha value is -3.85. The van der Waals surface area contributed by atoms with Gasteiger partial charge in [-0.3, -0.25) is 9.69 Å². The summed E-state index contributed by atoms with van der Waals surface area (Å²) in [5, 5.41) is 8.28. The van der Waals surface area contributed by atoms with Crippen LogP contribution >= 0.6 is 0 Å². The quantitative estimate of drug-likeness (QED) is 0.481. The van der Waals surface area contributed by atoms with Crippen LogP contribution in [0.15, 0.2) is 65.6 Å². The second-order valence-corrected chi connectivity index (χ2v) is 7.75. The molecule has 9 heteroatoms. The van der Waals surface area contributed by atoms with Gasteiger partial charge in [0.25, 0.3) is 5.91 Å². The Bertz CT molecular complexity index is 1190. The van der Waals surface area contributed by atoms with E-state index in [-0.39, 0.29) is 5.91 Å². The lowest BCUT2D eigenvalue weighted by Gasteiger charge is -2.33. The predicted molar refractivity (Wildman–Crippen MR) is 117 cm³/mol. The van der Waals surface area contributed by atoms with Gasteiger partial charge in [0, 0.05) is 50.3 Å². The number of rotatable bonds is 5. The van der Waals surface area contributed by atoms with E-state index in [1.165, 1.54) is 0 Å². The molecule has 162 valence electrons. The molecule has 9 nitrogen and oxygen atoms in total. The SMILES string of the molecule is Cc1ccccc1-c1noc(CN2CCN(C(=O)c3ccc(-n4cccn4)nc3)CC2)n1. The van der Waals surface area contributed by atoms with Crippen molar-refractivity contribution in [3.8, 4) is 17.2 Å². The van der Waals surface area contributed by atoms with Gasteiger partial charge in [-0.25, -0.2) is 9.67 Å². The summed E-state index contributed by atoms with van der Waals surface area (Å²) in [5.41, 5.74) is 2.67. The van der Waals surface area contributed by atoms with Crippen molar-refractivity contribution < 1.29 is 9.32 Å². The number of aryl methyl sites for hydroxylation is 1. The van der Waals surface area contributed by atoms with E-state index < -0.39 is 0 Å². The zero-order valence-corrected chi connectivity index (χ0v) is 17.8. The molecule has 1 amide bonds. The second kappa shape index (κ2) is 8.72. The number of nitrogens with zero attached hydrogens (tertiary/aromatic N) is 7. The van der Waals surface area contributed by atoms with Crippen LogP contribution in [0.1, 0.15) is 21.8 Å². The maximum atomic E-state index is 12.9. The van der Waals surface area contributed by atoms with Crippen molar-refractivity contribution in [1.82, 2.24) is 34.7 Å². The standard InChI is InChI=1S/C23H23N7O2/c1-17-5-2-3-6-19(17)22-26-21(32-27-22)16-28-11-13-29(14-12-28)23(31)18-7-8-20(24-15-18)30-10-4-9-25-30/h2-10,15H,11-14,16H2,1H3. The van der Waals surface area contributed by atoms with E-state index in [4.69, 9.17) is 4.52 Å². The van der Waals surface area contributed by atoms with Gasteiger partial charge < -0.3 is 9.42 Å². The van der Waals surface area contributed by atoms with Gasteiger partial charge in [-0.05, 0) is 30.7 Å². The summed E-state index contributed by atoms with van der Waals surface area (Å²) in [7, 11) is 0. The summed E-state index contributed by atoms with van der Waals surface area (Å²) >= 11 is 0. The Morgan fingerprint density at radius 2 is 1.91 bits per heavy atom. The van der Waals surface area contributed by atoms with Crippen molar-refractivity contribution in [3.05, 3.63) is 78.1 Å². The molecule has 1 aliphatic rings. The Morgan fingerprint density at radius 3 is 2.62 bits per heavy atom. The zero-order chi connectivity index (χ0) is 21.9. The number of aromatic nitrogens is 5. The third kappa shape index (κ3) is 4.15. The molecule has 1 fully saturated rings. The van der Waals surface area contributed by atoms with Gasteiger partial charge in [-0.1, -0.05) is 29.4 Å². The third-order valence-corrected chi connectivity index (χ3v) is 5.61. The molecule has 4 aromatic rings. The van der Waals surface area contributed by atoms with E-state index >= 15 is 0 Å². The zero-order valence-electron chi connectivity index (χ0n) is 17.8. The highest BCUT2D eigenvalue weighted by atomic mass is 16.5. The molecule has 0 aliphatic carbocycles. The minimum atomic E-state index is -0.0104. The molecule has 1 aliphatic heterocycles. The lowest BCUT2D eigenvalue weighted by molar-refractivity contribution is 0.0614. The fourth-order valence-corrected chi connectivity index (χ4v) is 3.79. The fourth-order valence-electron chi connectivity index (χ4n) is 3.79. The van der Waals surface area contributed by atoms with Crippen LogP contribution in [0.25, 0.3) is 17.2 Å². The number of pyridine rings is 1. The van der Waals surface area contributed by atoms with Crippen LogP contribution in [-0.4, -0.2) is 66.8 Å². The summed E-state index contributed by atoms with van der Waals surface area (Å²) in [5.74, 6) is 1.86. The fraction of sp³-hybridized carbons (Fsp3) is 0.261. The molecule has 0 unspecified atom stereocenters. The van der Waals surface area contributed by atoms with Crippen molar-refractivity contribution in [2.24, 2.45) is 0 Å². The highest BCUT2D eigenvalue weighted by Gasteiger charge is 2.24. The maximum absolute atomic E-state index is 12.9. The maximum Gasteiger partial charge on any atom is 0.255 e. The van der Waals surface area contributed by atoms with E-state index in [0.29, 0.717) is 42.7 Å². The second-order valence-electron chi connectivity index (χ2n) is 7.75. The van der Waals surface area contributed by atoms with Crippen LogP contribution in [0.3, 0.4) is 0 Å². The first kappa shape index (κ1) is 20.1. The van der Waals surface area contributed by atoms with Crippen molar-refractivity contribution in [2.45, 2.75) is 13.5 Å². The average Bonchev–Trinajstić information content (AvgIpc) is 3.52. The highest BCUT2D eigenvalue weighted by Crippen LogP contribution is 2.20. The highest BCUT2D eigenvalue weighted by molar-refractivity contribution is 5.94. The van der Waals surface area contributed by atoms with Crippen LogP contribution in [0, 0.1) is 6.92 Å². The summed E-state index contributed by atoms with van der Waals surface area (Å²) in [6.45, 7) is 5.36. The first-order valence-corrected chi connectivity index (χ1v) is 10.5. The van der Waals surface area contributed by atoms with Crippen LogP contribution in [0.2, 0.25) is 0 Å². The molecular weight excluding hydrogens is 406 g/mol. The van der Waals surface area contributed by atoms with Crippen molar-refractivity contribution in [1.29, 1.82) is 0 Å². The number of piperazine rings is 1. The Morgan fingerprint density at radius 1 is 1.06 bits per heavy atom. The van der Waals surface area contributed by atoms with Crippen LogP contribution in [0.5, 0.6) is 0 Å². The van der Waals surface area contributed by atoms with Gasteiger partial charge in [-0.15, -0.1) is 0 Å². The Kier molecular flexibility index (Phi) is 5.47. The van der Waals surface area contributed by atoms with Crippen molar-refractivity contribution in [3.63, 3.8) is 0 Å². The molecule has 32 heavy (non-hydrogen) atoms. The molecule has 1 aromatic carbocycles. The number of hydrogen-bond acceptors (Lipinski definition) is 7. The van der Waals surface area contributed by atoms with Gasteiger partial charge in [0.15, 0.2) is 5.82 Å². The van der Waals surface area contributed by atoms with E-state index in [1.807, 2.05) is 48.4 Å². The first-order valence-electron chi connectivity index (χ1n) is 10.5. The van der Waals surface area contributed by atoms with E-state index in [2.05, 4.69) is 25.1 Å². The van der Waals surface area contributed by atoms with E-state index in [1.54, 1.807) is 29.2 Å². The van der Waals surface area contributed by atoms with Gasteiger partial charge in [0.1, 0.15) is 0 Å². The van der Waals surface area contributed by atoms with E-state index in [0.717, 1.165) is 24.2 Å². The Balaban J connectivity index is 1.17. The monoisotopic (exact) mass is 429 g/mol. The normalized spacial score (nSPS) is 14.6. The molecule has 0 radical (unpaired) electrons. The number of benzene rings is 1. The third-order valence-electron chi connectivity index (χ3n) is 5.61. The summed E-state index contributed by atoms with van der Waals surface area (Å²) in [6.07, 6.45) is 5.12. The smallest absolute Gasteiger partial charge is 0.255 e. The molecule has 0 spiro atoms. The number of carbonyl (C=O) groups is 1. The van der Waals surface area contributed by atoms with Gasteiger partial charge in [-0.2, -0.15) is 10.1 Å². The molecule has 3 aromatic heterocycles. The Labute approximate surface area is 185 Å². The van der Waals surface area contributed by atoms with Gasteiger partial charge >= 0.3 is 0 Å². The molecule has 0 N–H and O–H groups in total. The summed E-state index contributed by atoms with van der Waals surface area (Å²) < 4.78 is 7.13. The van der Waals surface area contributed by atoms with Crippen LogP contribution < -0.4 is 0 Å². The summed E-state index contributed by atoms with van der Waals surface area (Å²) in [4.78, 5) is 25.8. The van der Waals surface area contributed by atoms with Crippen molar-refractivity contribution in [2.75, 3.05) is 26.2 Å². The molecule has 5 rings (SSSR count). The lowest BCUT2D eigenvalue weighted by Crippen LogP contribution is -2.48. The minimum absolute atomic E-state index is 0.0104. The van der Waals surface area contributed by atoms with Crippen molar-refractivity contribution >= 4 is 5.91 Å². The predicted octanol–water partition coefficient (Wildman–Crippen LogP) is 2.58. The van der Waals surface area contributed by atoms with Crippen LogP contribution in [-0.2, 0) is 6.54 Å². The molecule has 1 saturated heterocycles. The average molecular weight is 429 g/mol. The number of hydrogen-bond donors (Lipinski definition) is 0. The number of amides is 1. The molecule has 0 bridgehead atoms. The molecule has 0 saturated carbocycles. The van der Waals surface area contributed by atoms with Gasteiger partial charge in [0.2, 0.25) is 11.7 Å². The van der Waals surface area contributed by atoms with Gasteiger partial charge in [0.05, 0.1) is 12.1 Å². The first-order chi connectivity index (χ1) is 15.7.